The van der Waals surface area contributed by atoms with Gasteiger partial charge in [0.1, 0.15) is 5.82 Å². The van der Waals surface area contributed by atoms with Crippen molar-refractivity contribution in [2.75, 3.05) is 25.5 Å². The fourth-order valence-corrected chi connectivity index (χ4v) is 3.97. The van der Waals surface area contributed by atoms with E-state index in [1.54, 1.807) is 11.1 Å². The number of aromatic nitrogens is 3. The molecule has 7 nitrogen and oxygen atoms in total. The van der Waals surface area contributed by atoms with Crippen LogP contribution in [0.3, 0.4) is 0 Å². The highest BCUT2D eigenvalue weighted by Gasteiger charge is 2.35. The van der Waals surface area contributed by atoms with Crippen molar-refractivity contribution in [2.45, 2.75) is 32.7 Å². The van der Waals surface area contributed by atoms with Gasteiger partial charge in [-0.25, -0.2) is 14.4 Å². The van der Waals surface area contributed by atoms with E-state index in [0.717, 1.165) is 24.1 Å². The highest BCUT2D eigenvalue weighted by molar-refractivity contribution is 6.31. The van der Waals surface area contributed by atoms with Crippen molar-refractivity contribution in [3.05, 3.63) is 57.8 Å². The Hall–Kier alpha value is -3.00. The number of carbonyl (C=O) groups is 1. The number of hydrogen-bond donors (Lipinski definition) is 0. The molecule has 0 unspecified atom stereocenters. The van der Waals surface area contributed by atoms with Crippen molar-refractivity contribution in [3.8, 4) is 11.3 Å². The molecule has 1 saturated heterocycles. The van der Waals surface area contributed by atoms with Crippen molar-refractivity contribution in [1.29, 1.82) is 0 Å². The van der Waals surface area contributed by atoms with E-state index in [2.05, 4.69) is 10.1 Å². The number of amides is 1. The number of likely N-dealkylation sites (tertiary alicyclic amines) is 1. The fourth-order valence-electron chi connectivity index (χ4n) is 3.79. The second-order valence-corrected chi connectivity index (χ2v) is 8.28. The Morgan fingerprint density at radius 2 is 2.10 bits per heavy atom. The Labute approximate surface area is 184 Å². The Balaban J connectivity index is 1.79. The van der Waals surface area contributed by atoms with Crippen LogP contribution in [0.1, 0.15) is 46.2 Å². The van der Waals surface area contributed by atoms with Gasteiger partial charge in [-0.05, 0) is 44.9 Å². The Morgan fingerprint density at radius 3 is 2.74 bits per heavy atom. The summed E-state index contributed by atoms with van der Waals surface area (Å²) in [5.74, 6) is 0.366. The predicted molar refractivity (Wildman–Crippen MR) is 116 cm³/mol. The first-order valence-corrected chi connectivity index (χ1v) is 10.4. The van der Waals surface area contributed by atoms with E-state index in [-0.39, 0.29) is 17.0 Å². The predicted octanol–water partition coefficient (Wildman–Crippen LogP) is 4.58. The van der Waals surface area contributed by atoms with Gasteiger partial charge in [0.2, 0.25) is 5.95 Å². The molecule has 1 fully saturated rings. The van der Waals surface area contributed by atoms with Crippen LogP contribution in [-0.4, -0.2) is 46.6 Å². The van der Waals surface area contributed by atoms with E-state index in [9.17, 15) is 9.18 Å². The molecule has 4 rings (SSSR count). The van der Waals surface area contributed by atoms with Crippen LogP contribution in [0.15, 0.2) is 28.9 Å². The number of hydrogen-bond acceptors (Lipinski definition) is 6. The fraction of sp³-hybridized carbons (Fsp3) is 0.364. The molecule has 0 N–H and O–H groups in total. The van der Waals surface area contributed by atoms with E-state index in [1.165, 1.54) is 18.2 Å². The average molecular weight is 444 g/mol. The molecule has 0 radical (unpaired) electrons. The first-order valence-electron chi connectivity index (χ1n) is 10.0. The number of anilines is 1. The molecule has 1 aromatic carbocycles. The monoisotopic (exact) mass is 443 g/mol. The third kappa shape index (κ3) is 3.87. The van der Waals surface area contributed by atoms with E-state index in [0.29, 0.717) is 35.1 Å². The minimum Gasteiger partial charge on any atom is -0.356 e. The van der Waals surface area contributed by atoms with Crippen molar-refractivity contribution in [2.24, 2.45) is 0 Å². The summed E-state index contributed by atoms with van der Waals surface area (Å²) in [6.45, 7) is 4.37. The van der Waals surface area contributed by atoms with E-state index < -0.39 is 5.82 Å². The maximum absolute atomic E-state index is 13.6. The van der Waals surface area contributed by atoms with Crippen molar-refractivity contribution >= 4 is 23.5 Å². The summed E-state index contributed by atoms with van der Waals surface area (Å²) in [5.41, 5.74) is 3.46. The number of rotatable bonds is 4. The molecule has 1 atom stereocenters. The molecule has 0 aliphatic carbocycles. The second-order valence-electron chi connectivity index (χ2n) is 7.87. The number of halogens is 2. The molecule has 162 valence electrons. The Morgan fingerprint density at radius 1 is 1.32 bits per heavy atom. The van der Waals surface area contributed by atoms with Crippen LogP contribution in [0.5, 0.6) is 0 Å². The van der Waals surface area contributed by atoms with Crippen LogP contribution in [0.25, 0.3) is 11.3 Å². The molecule has 1 amide bonds. The van der Waals surface area contributed by atoms with Gasteiger partial charge in [0.15, 0.2) is 5.76 Å². The molecular formula is C22H23ClFN5O2. The van der Waals surface area contributed by atoms with E-state index in [4.69, 9.17) is 21.1 Å². The Bertz CT molecular complexity index is 1150. The molecule has 2 aromatic heterocycles. The number of aryl methyl sites for hydroxylation is 1. The van der Waals surface area contributed by atoms with Gasteiger partial charge in [-0.15, -0.1) is 0 Å². The normalized spacial score (nSPS) is 16.1. The minimum absolute atomic E-state index is 0.0769. The first kappa shape index (κ1) is 21.2. The maximum atomic E-state index is 13.6. The third-order valence-corrected chi connectivity index (χ3v) is 5.89. The maximum Gasteiger partial charge on any atom is 0.254 e. The smallest absolute Gasteiger partial charge is 0.254 e. The molecule has 1 aliphatic rings. The molecule has 31 heavy (non-hydrogen) atoms. The van der Waals surface area contributed by atoms with Gasteiger partial charge in [0.25, 0.3) is 5.91 Å². The molecule has 0 bridgehead atoms. The van der Waals surface area contributed by atoms with Crippen molar-refractivity contribution in [1.82, 2.24) is 20.0 Å². The standard InChI is InChI=1S/C22H23ClFN5O2/c1-12-13(2)27-31-20(12)15-11-25-22(28(3)4)26-19(15)18-6-5-9-29(18)21(30)14-7-8-17(24)16(23)10-14/h7-8,10-11,18H,5-6,9H2,1-4H3/t18-/m0/s1. The van der Waals surface area contributed by atoms with E-state index in [1.807, 2.05) is 32.8 Å². The largest absolute Gasteiger partial charge is 0.356 e. The molecular weight excluding hydrogens is 421 g/mol. The topological polar surface area (TPSA) is 75.4 Å². The molecule has 3 heterocycles. The van der Waals surface area contributed by atoms with Gasteiger partial charge in [-0.1, -0.05) is 16.8 Å². The van der Waals surface area contributed by atoms with Crippen LogP contribution in [0.2, 0.25) is 5.02 Å². The van der Waals surface area contributed by atoms with Crippen LogP contribution in [-0.2, 0) is 0 Å². The lowest BCUT2D eigenvalue weighted by atomic mass is 10.0. The first-order chi connectivity index (χ1) is 14.8. The summed E-state index contributed by atoms with van der Waals surface area (Å²) in [4.78, 5) is 26.1. The Kier molecular flexibility index (Phi) is 5.66. The van der Waals surface area contributed by atoms with Gasteiger partial charge in [-0.2, -0.15) is 0 Å². The molecule has 9 heteroatoms. The minimum atomic E-state index is -0.555. The van der Waals surface area contributed by atoms with Crippen molar-refractivity contribution in [3.63, 3.8) is 0 Å². The van der Waals surface area contributed by atoms with Gasteiger partial charge < -0.3 is 14.3 Å². The second kappa shape index (κ2) is 8.26. The van der Waals surface area contributed by atoms with Crippen LogP contribution < -0.4 is 4.90 Å². The zero-order valence-electron chi connectivity index (χ0n) is 17.8. The SMILES string of the molecule is Cc1noc(-c2cnc(N(C)C)nc2[C@@H]2CCCN2C(=O)c2ccc(F)c(Cl)c2)c1C. The lowest BCUT2D eigenvalue weighted by Crippen LogP contribution is -2.31. The summed E-state index contributed by atoms with van der Waals surface area (Å²) in [5, 5.41) is 3.99. The highest BCUT2D eigenvalue weighted by atomic mass is 35.5. The summed E-state index contributed by atoms with van der Waals surface area (Å²) >= 11 is 5.91. The number of carbonyl (C=O) groups excluding carboxylic acids is 1. The number of nitrogens with zero attached hydrogens (tertiary/aromatic N) is 5. The van der Waals surface area contributed by atoms with Gasteiger partial charge >= 0.3 is 0 Å². The third-order valence-electron chi connectivity index (χ3n) is 5.60. The van der Waals surface area contributed by atoms with Crippen LogP contribution in [0, 0.1) is 19.7 Å². The van der Waals surface area contributed by atoms with Crippen LogP contribution >= 0.6 is 11.6 Å². The average Bonchev–Trinajstić information content (AvgIpc) is 3.36. The quantitative estimate of drug-likeness (QED) is 0.587. The summed E-state index contributed by atoms with van der Waals surface area (Å²) in [6.07, 6.45) is 3.28. The van der Waals surface area contributed by atoms with Gasteiger partial charge in [0, 0.05) is 38.0 Å². The molecule has 1 aliphatic heterocycles. The zero-order valence-corrected chi connectivity index (χ0v) is 18.6. The summed E-state index contributed by atoms with van der Waals surface area (Å²) in [7, 11) is 3.72. The van der Waals surface area contributed by atoms with Crippen LogP contribution in [0.4, 0.5) is 10.3 Å². The lowest BCUT2D eigenvalue weighted by molar-refractivity contribution is 0.0733. The highest BCUT2D eigenvalue weighted by Crippen LogP contribution is 2.39. The summed E-state index contributed by atoms with van der Waals surface area (Å²) in [6, 6.07) is 3.75. The lowest BCUT2D eigenvalue weighted by Gasteiger charge is -2.26. The molecule has 0 saturated carbocycles. The number of benzene rings is 1. The zero-order chi connectivity index (χ0) is 22.3. The van der Waals surface area contributed by atoms with Gasteiger partial charge in [-0.3, -0.25) is 4.79 Å². The van der Waals surface area contributed by atoms with Crippen molar-refractivity contribution < 1.29 is 13.7 Å². The molecule has 3 aromatic rings. The van der Waals surface area contributed by atoms with Gasteiger partial charge in [0.05, 0.1) is 28.0 Å². The summed E-state index contributed by atoms with van der Waals surface area (Å²) < 4.78 is 19.2. The molecule has 0 spiro atoms. The van der Waals surface area contributed by atoms with E-state index >= 15 is 0 Å².